The first-order valence-corrected chi connectivity index (χ1v) is 6.69. The number of nitrogens with one attached hydrogen (secondary N) is 1. The van der Waals surface area contributed by atoms with Crippen molar-refractivity contribution in [2.24, 2.45) is 5.41 Å². The van der Waals surface area contributed by atoms with Gasteiger partial charge in [0.2, 0.25) is 0 Å². The van der Waals surface area contributed by atoms with E-state index < -0.39 is 0 Å². The lowest BCUT2D eigenvalue weighted by atomic mass is 9.92. The lowest BCUT2D eigenvalue weighted by Gasteiger charge is -2.26. The van der Waals surface area contributed by atoms with Gasteiger partial charge < -0.3 is 10.4 Å². The van der Waals surface area contributed by atoms with E-state index in [1.54, 1.807) is 0 Å². The van der Waals surface area contributed by atoms with Gasteiger partial charge in [0, 0.05) is 24.6 Å². The summed E-state index contributed by atoms with van der Waals surface area (Å²) in [7, 11) is 0. The van der Waals surface area contributed by atoms with Gasteiger partial charge in [-0.3, -0.25) is 0 Å². The predicted molar refractivity (Wildman–Crippen MR) is 77.9 cm³/mol. The SMILES string of the molecule is Cc1cc(C)c(C(C)NCC(C)(C)CO)cc1C. The molecule has 2 N–H and O–H groups in total. The Labute approximate surface area is 111 Å². The first-order chi connectivity index (χ1) is 8.26. The van der Waals surface area contributed by atoms with Crippen LogP contribution in [0.15, 0.2) is 12.1 Å². The lowest BCUT2D eigenvalue weighted by molar-refractivity contribution is 0.154. The summed E-state index contributed by atoms with van der Waals surface area (Å²) in [6.07, 6.45) is 0. The van der Waals surface area contributed by atoms with Gasteiger partial charge in [-0.2, -0.15) is 0 Å². The van der Waals surface area contributed by atoms with Crippen molar-refractivity contribution in [3.8, 4) is 0 Å². The zero-order valence-electron chi connectivity index (χ0n) is 12.6. The van der Waals surface area contributed by atoms with Gasteiger partial charge in [0.15, 0.2) is 0 Å². The van der Waals surface area contributed by atoms with E-state index in [0.717, 1.165) is 6.54 Å². The smallest absolute Gasteiger partial charge is 0.0494 e. The average Bonchev–Trinajstić information content (AvgIpc) is 2.31. The molecule has 0 aliphatic rings. The molecule has 0 saturated carbocycles. The first-order valence-electron chi connectivity index (χ1n) is 6.69. The molecule has 102 valence electrons. The zero-order chi connectivity index (χ0) is 13.9. The molecule has 0 radical (unpaired) electrons. The van der Waals surface area contributed by atoms with E-state index in [9.17, 15) is 5.11 Å². The zero-order valence-corrected chi connectivity index (χ0v) is 12.6. The highest BCUT2D eigenvalue weighted by molar-refractivity contribution is 5.38. The maximum Gasteiger partial charge on any atom is 0.0494 e. The van der Waals surface area contributed by atoms with Gasteiger partial charge in [-0.15, -0.1) is 0 Å². The fourth-order valence-corrected chi connectivity index (χ4v) is 2.04. The Hall–Kier alpha value is -0.860. The number of aliphatic hydroxyl groups is 1. The standard InChI is InChI=1S/C16H27NO/c1-11-7-13(3)15(8-12(11)2)14(4)17-9-16(5,6)10-18/h7-8,14,17-18H,9-10H2,1-6H3. The van der Waals surface area contributed by atoms with E-state index in [2.05, 4.69) is 59.0 Å². The van der Waals surface area contributed by atoms with Crippen LogP contribution in [-0.4, -0.2) is 18.3 Å². The number of hydrogen-bond acceptors (Lipinski definition) is 2. The summed E-state index contributed by atoms with van der Waals surface area (Å²) >= 11 is 0. The van der Waals surface area contributed by atoms with Crippen molar-refractivity contribution in [3.05, 3.63) is 34.4 Å². The van der Waals surface area contributed by atoms with Crippen molar-refractivity contribution >= 4 is 0 Å². The molecule has 0 bridgehead atoms. The van der Waals surface area contributed by atoms with E-state index in [0.29, 0.717) is 6.04 Å². The molecular formula is C16H27NO. The molecule has 0 aromatic heterocycles. The normalized spacial score (nSPS) is 13.7. The van der Waals surface area contributed by atoms with E-state index in [-0.39, 0.29) is 12.0 Å². The molecule has 0 aliphatic carbocycles. The second-order valence-corrected chi connectivity index (χ2v) is 6.22. The van der Waals surface area contributed by atoms with Crippen LogP contribution in [0, 0.1) is 26.2 Å². The second-order valence-electron chi connectivity index (χ2n) is 6.22. The third-order valence-corrected chi connectivity index (χ3v) is 3.66. The molecule has 2 nitrogen and oxygen atoms in total. The summed E-state index contributed by atoms with van der Waals surface area (Å²) in [4.78, 5) is 0. The average molecular weight is 249 g/mol. The van der Waals surface area contributed by atoms with Gasteiger partial charge in [0.25, 0.3) is 0 Å². The minimum absolute atomic E-state index is 0.0676. The van der Waals surface area contributed by atoms with E-state index in [4.69, 9.17) is 0 Å². The van der Waals surface area contributed by atoms with Crippen molar-refractivity contribution in [2.45, 2.75) is 47.6 Å². The third kappa shape index (κ3) is 3.82. The summed E-state index contributed by atoms with van der Waals surface area (Å²) in [6.45, 7) is 13.8. The summed E-state index contributed by atoms with van der Waals surface area (Å²) in [5, 5.41) is 12.8. The quantitative estimate of drug-likeness (QED) is 0.839. The Bertz CT molecular complexity index is 410. The van der Waals surface area contributed by atoms with Crippen molar-refractivity contribution in [2.75, 3.05) is 13.2 Å². The molecule has 1 aromatic carbocycles. The summed E-state index contributed by atoms with van der Waals surface area (Å²) in [6, 6.07) is 4.84. The summed E-state index contributed by atoms with van der Waals surface area (Å²) in [5.41, 5.74) is 5.30. The van der Waals surface area contributed by atoms with Crippen molar-refractivity contribution in [1.82, 2.24) is 5.32 Å². The van der Waals surface area contributed by atoms with Crippen molar-refractivity contribution in [1.29, 1.82) is 0 Å². The molecule has 0 aliphatic heterocycles. The van der Waals surface area contributed by atoms with Crippen LogP contribution in [0.3, 0.4) is 0 Å². The highest BCUT2D eigenvalue weighted by Gasteiger charge is 2.18. The molecule has 1 unspecified atom stereocenters. The Kier molecular flexibility index (Phi) is 4.94. The van der Waals surface area contributed by atoms with Crippen LogP contribution in [0.25, 0.3) is 0 Å². The third-order valence-electron chi connectivity index (χ3n) is 3.66. The van der Waals surface area contributed by atoms with E-state index >= 15 is 0 Å². The molecule has 1 aromatic rings. The fraction of sp³-hybridized carbons (Fsp3) is 0.625. The molecule has 18 heavy (non-hydrogen) atoms. The molecule has 1 atom stereocenters. The van der Waals surface area contributed by atoms with Crippen LogP contribution in [0.2, 0.25) is 0 Å². The van der Waals surface area contributed by atoms with Crippen molar-refractivity contribution in [3.63, 3.8) is 0 Å². The highest BCUT2D eigenvalue weighted by atomic mass is 16.3. The molecule has 0 fully saturated rings. The minimum atomic E-state index is -0.0676. The van der Waals surface area contributed by atoms with Gasteiger partial charge in [-0.05, 0) is 49.9 Å². The van der Waals surface area contributed by atoms with Crippen LogP contribution < -0.4 is 5.32 Å². The van der Waals surface area contributed by atoms with Crippen LogP contribution in [0.1, 0.15) is 49.1 Å². The highest BCUT2D eigenvalue weighted by Crippen LogP contribution is 2.22. The largest absolute Gasteiger partial charge is 0.396 e. The fourth-order valence-electron chi connectivity index (χ4n) is 2.04. The van der Waals surface area contributed by atoms with Gasteiger partial charge in [-0.25, -0.2) is 0 Å². The molecule has 2 heteroatoms. The number of rotatable bonds is 5. The van der Waals surface area contributed by atoms with Gasteiger partial charge in [-0.1, -0.05) is 26.0 Å². The van der Waals surface area contributed by atoms with Crippen LogP contribution in [0.4, 0.5) is 0 Å². The maximum absolute atomic E-state index is 9.27. The molecular weight excluding hydrogens is 222 g/mol. The van der Waals surface area contributed by atoms with Crippen molar-refractivity contribution < 1.29 is 5.11 Å². The second kappa shape index (κ2) is 5.85. The van der Waals surface area contributed by atoms with Crippen LogP contribution in [0.5, 0.6) is 0 Å². The monoisotopic (exact) mass is 249 g/mol. The molecule has 0 spiro atoms. The summed E-state index contributed by atoms with van der Waals surface area (Å²) < 4.78 is 0. The van der Waals surface area contributed by atoms with Crippen LogP contribution in [-0.2, 0) is 0 Å². The Morgan fingerprint density at radius 3 is 2.22 bits per heavy atom. The molecule has 0 heterocycles. The lowest BCUT2D eigenvalue weighted by Crippen LogP contribution is -2.34. The predicted octanol–water partition coefficient (Wildman–Crippen LogP) is 3.28. The number of aliphatic hydroxyl groups excluding tert-OH is 1. The van der Waals surface area contributed by atoms with Gasteiger partial charge in [0.05, 0.1) is 0 Å². The Morgan fingerprint density at radius 2 is 1.67 bits per heavy atom. The van der Waals surface area contributed by atoms with E-state index in [1.807, 2.05) is 0 Å². The number of hydrogen-bond donors (Lipinski definition) is 2. The van der Waals surface area contributed by atoms with Gasteiger partial charge >= 0.3 is 0 Å². The molecule has 1 rings (SSSR count). The number of aryl methyl sites for hydroxylation is 3. The van der Waals surface area contributed by atoms with Gasteiger partial charge in [0.1, 0.15) is 0 Å². The first kappa shape index (κ1) is 15.2. The molecule has 0 amide bonds. The Balaban J connectivity index is 2.79. The maximum atomic E-state index is 9.27. The topological polar surface area (TPSA) is 32.3 Å². The van der Waals surface area contributed by atoms with E-state index in [1.165, 1.54) is 22.3 Å². The minimum Gasteiger partial charge on any atom is -0.396 e. The Morgan fingerprint density at radius 1 is 1.11 bits per heavy atom. The number of benzene rings is 1. The van der Waals surface area contributed by atoms with Crippen LogP contribution >= 0.6 is 0 Å². The molecule has 0 saturated heterocycles. The summed E-state index contributed by atoms with van der Waals surface area (Å²) in [5.74, 6) is 0.